The van der Waals surface area contributed by atoms with Gasteiger partial charge in [-0.3, -0.25) is 4.90 Å². The lowest BCUT2D eigenvalue weighted by Crippen LogP contribution is -2.48. The maximum atomic E-state index is 12.4. The number of nitriles is 1. The van der Waals surface area contributed by atoms with Crippen molar-refractivity contribution in [3.05, 3.63) is 29.8 Å². The highest BCUT2D eigenvalue weighted by Gasteiger charge is 2.25. The second kappa shape index (κ2) is 7.70. The van der Waals surface area contributed by atoms with E-state index in [2.05, 4.69) is 9.62 Å². The number of rotatable bonds is 6. The molecule has 0 amide bonds. The van der Waals surface area contributed by atoms with Gasteiger partial charge in [-0.25, -0.2) is 13.1 Å². The van der Waals surface area contributed by atoms with E-state index in [-0.39, 0.29) is 10.9 Å². The highest BCUT2D eigenvalue weighted by Crippen LogP contribution is 2.15. The third kappa shape index (κ3) is 4.52. The van der Waals surface area contributed by atoms with Crippen LogP contribution in [-0.4, -0.2) is 52.7 Å². The molecule has 0 aliphatic carbocycles. The van der Waals surface area contributed by atoms with E-state index >= 15 is 0 Å². The van der Waals surface area contributed by atoms with Crippen molar-refractivity contribution in [1.29, 1.82) is 5.26 Å². The highest BCUT2D eigenvalue weighted by atomic mass is 32.2. The molecule has 1 aliphatic heterocycles. The molecule has 1 aromatic carbocycles. The Kier molecular flexibility index (Phi) is 5.91. The van der Waals surface area contributed by atoms with E-state index < -0.39 is 10.0 Å². The molecule has 1 N–H and O–H groups in total. The zero-order valence-corrected chi connectivity index (χ0v) is 13.5. The summed E-state index contributed by atoms with van der Waals surface area (Å²) in [6.45, 7) is 3.09. The van der Waals surface area contributed by atoms with Gasteiger partial charge in [-0.2, -0.15) is 5.26 Å². The fourth-order valence-corrected chi connectivity index (χ4v) is 3.90. The summed E-state index contributed by atoms with van der Waals surface area (Å²) in [7, 11) is -1.94. The standard InChI is InChI=1S/C15H21N3O3S/c1-21-9-8-18-7-3-5-14(12-18)17-22(19,20)15-6-2-4-13(10-15)11-16/h2,4,6,10,14,17H,3,5,7-9,12H2,1H3/t14-/m0/s1. The Labute approximate surface area is 131 Å². The number of piperidine rings is 1. The Balaban J connectivity index is 2.03. The Morgan fingerprint density at radius 1 is 1.50 bits per heavy atom. The lowest BCUT2D eigenvalue weighted by Gasteiger charge is -2.32. The van der Waals surface area contributed by atoms with Gasteiger partial charge in [0.2, 0.25) is 10.0 Å². The van der Waals surface area contributed by atoms with Crippen molar-refractivity contribution in [2.24, 2.45) is 0 Å². The van der Waals surface area contributed by atoms with Crippen LogP contribution in [-0.2, 0) is 14.8 Å². The number of sulfonamides is 1. The van der Waals surface area contributed by atoms with E-state index in [1.807, 2.05) is 6.07 Å². The van der Waals surface area contributed by atoms with Crippen LogP contribution in [0.25, 0.3) is 0 Å². The fraction of sp³-hybridized carbons (Fsp3) is 0.533. The predicted molar refractivity (Wildman–Crippen MR) is 82.8 cm³/mol. The minimum atomic E-state index is -3.60. The number of nitrogens with zero attached hydrogens (tertiary/aromatic N) is 2. The molecule has 0 unspecified atom stereocenters. The van der Waals surface area contributed by atoms with E-state index in [1.54, 1.807) is 19.2 Å². The molecule has 22 heavy (non-hydrogen) atoms. The number of nitrogens with one attached hydrogen (secondary N) is 1. The van der Waals surface area contributed by atoms with Crippen LogP contribution in [0.2, 0.25) is 0 Å². The van der Waals surface area contributed by atoms with Crippen LogP contribution < -0.4 is 4.72 Å². The van der Waals surface area contributed by atoms with Gasteiger partial charge in [-0.15, -0.1) is 0 Å². The SMILES string of the molecule is COCCN1CCC[C@H](NS(=O)(=O)c2cccc(C#N)c2)C1. The molecule has 0 saturated carbocycles. The van der Waals surface area contributed by atoms with Crippen molar-refractivity contribution in [3.63, 3.8) is 0 Å². The molecule has 1 fully saturated rings. The molecule has 120 valence electrons. The number of benzene rings is 1. The molecular formula is C15H21N3O3S. The van der Waals surface area contributed by atoms with Crippen molar-refractivity contribution in [1.82, 2.24) is 9.62 Å². The summed E-state index contributed by atoms with van der Waals surface area (Å²) >= 11 is 0. The van der Waals surface area contributed by atoms with Gasteiger partial charge in [0.25, 0.3) is 0 Å². The Morgan fingerprint density at radius 3 is 3.05 bits per heavy atom. The number of ether oxygens (including phenoxy) is 1. The number of hydrogen-bond acceptors (Lipinski definition) is 5. The van der Waals surface area contributed by atoms with Crippen LogP contribution in [0.15, 0.2) is 29.2 Å². The zero-order valence-electron chi connectivity index (χ0n) is 12.7. The zero-order chi connectivity index (χ0) is 16.0. The molecule has 1 saturated heterocycles. The molecule has 2 rings (SSSR count). The maximum absolute atomic E-state index is 12.4. The van der Waals surface area contributed by atoms with Crippen LogP contribution in [0.1, 0.15) is 18.4 Å². The second-order valence-electron chi connectivity index (χ2n) is 5.39. The topological polar surface area (TPSA) is 82.4 Å². The molecule has 0 radical (unpaired) electrons. The van der Waals surface area contributed by atoms with E-state index in [4.69, 9.17) is 10.00 Å². The number of methoxy groups -OCH3 is 1. The largest absolute Gasteiger partial charge is 0.383 e. The van der Waals surface area contributed by atoms with Crippen LogP contribution >= 0.6 is 0 Å². The molecular weight excluding hydrogens is 302 g/mol. The second-order valence-corrected chi connectivity index (χ2v) is 7.11. The molecule has 1 aliphatic rings. The lowest BCUT2D eigenvalue weighted by atomic mass is 10.1. The highest BCUT2D eigenvalue weighted by molar-refractivity contribution is 7.89. The molecule has 1 aromatic rings. The fourth-order valence-electron chi connectivity index (χ4n) is 2.60. The summed E-state index contributed by atoms with van der Waals surface area (Å²) < 4.78 is 32.7. The van der Waals surface area contributed by atoms with Crippen LogP contribution in [0.3, 0.4) is 0 Å². The third-order valence-electron chi connectivity index (χ3n) is 3.71. The summed E-state index contributed by atoms with van der Waals surface area (Å²) in [5.74, 6) is 0. The first-order valence-corrected chi connectivity index (χ1v) is 8.77. The quantitative estimate of drug-likeness (QED) is 0.843. The van der Waals surface area contributed by atoms with Crippen LogP contribution in [0.5, 0.6) is 0 Å². The lowest BCUT2D eigenvalue weighted by molar-refractivity contribution is 0.126. The van der Waals surface area contributed by atoms with Gasteiger partial charge in [0.15, 0.2) is 0 Å². The summed E-state index contributed by atoms with van der Waals surface area (Å²) in [5, 5.41) is 8.88. The van der Waals surface area contributed by atoms with Crippen molar-refractivity contribution in [3.8, 4) is 6.07 Å². The molecule has 1 atom stereocenters. The van der Waals surface area contributed by atoms with E-state index in [0.29, 0.717) is 18.7 Å². The molecule has 7 heteroatoms. The molecule has 0 bridgehead atoms. The first kappa shape index (κ1) is 16.9. The Morgan fingerprint density at radius 2 is 2.32 bits per heavy atom. The minimum absolute atomic E-state index is 0.110. The molecule has 0 spiro atoms. The smallest absolute Gasteiger partial charge is 0.240 e. The average molecular weight is 323 g/mol. The molecule has 0 aromatic heterocycles. The summed E-state index contributed by atoms with van der Waals surface area (Å²) in [4.78, 5) is 2.34. The number of hydrogen-bond donors (Lipinski definition) is 1. The van der Waals surface area contributed by atoms with Gasteiger partial charge < -0.3 is 4.74 Å². The molecule has 1 heterocycles. The summed E-state index contributed by atoms with van der Waals surface area (Å²) in [5.41, 5.74) is 0.341. The first-order valence-electron chi connectivity index (χ1n) is 7.29. The number of likely N-dealkylation sites (tertiary alicyclic amines) is 1. The van der Waals surface area contributed by atoms with Crippen LogP contribution in [0.4, 0.5) is 0 Å². The summed E-state index contributed by atoms with van der Waals surface area (Å²) in [6.07, 6.45) is 1.77. The monoisotopic (exact) mass is 323 g/mol. The van der Waals surface area contributed by atoms with E-state index in [9.17, 15) is 8.42 Å². The predicted octanol–water partition coefficient (Wildman–Crippen LogP) is 0.947. The Bertz CT molecular complexity index is 640. The van der Waals surface area contributed by atoms with Gasteiger partial charge in [-0.05, 0) is 37.6 Å². The maximum Gasteiger partial charge on any atom is 0.240 e. The first-order chi connectivity index (χ1) is 10.5. The van der Waals surface area contributed by atoms with Crippen molar-refractivity contribution in [2.45, 2.75) is 23.8 Å². The van der Waals surface area contributed by atoms with Gasteiger partial charge in [0, 0.05) is 26.2 Å². The Hall–Kier alpha value is -1.46. The van der Waals surface area contributed by atoms with Crippen molar-refractivity contribution < 1.29 is 13.2 Å². The van der Waals surface area contributed by atoms with E-state index in [0.717, 1.165) is 25.9 Å². The summed E-state index contributed by atoms with van der Waals surface area (Å²) in [6, 6.07) is 7.93. The van der Waals surface area contributed by atoms with Crippen molar-refractivity contribution >= 4 is 10.0 Å². The van der Waals surface area contributed by atoms with Gasteiger partial charge >= 0.3 is 0 Å². The van der Waals surface area contributed by atoms with Crippen molar-refractivity contribution in [2.75, 3.05) is 33.4 Å². The average Bonchev–Trinajstić information content (AvgIpc) is 2.53. The normalized spacial score (nSPS) is 19.7. The van der Waals surface area contributed by atoms with Gasteiger partial charge in [0.1, 0.15) is 0 Å². The minimum Gasteiger partial charge on any atom is -0.383 e. The van der Waals surface area contributed by atoms with E-state index in [1.165, 1.54) is 12.1 Å². The third-order valence-corrected chi connectivity index (χ3v) is 5.23. The van der Waals surface area contributed by atoms with Crippen LogP contribution in [0, 0.1) is 11.3 Å². The van der Waals surface area contributed by atoms with Gasteiger partial charge in [0.05, 0.1) is 23.1 Å². The molecule has 6 nitrogen and oxygen atoms in total. The van der Waals surface area contributed by atoms with Gasteiger partial charge in [-0.1, -0.05) is 6.07 Å².